The Labute approximate surface area is 143 Å². The third-order valence-electron chi connectivity index (χ3n) is 2.89. The minimum Gasteiger partial charge on any atom is -0.475 e. The van der Waals surface area contributed by atoms with Gasteiger partial charge in [0.25, 0.3) is 5.91 Å². The summed E-state index contributed by atoms with van der Waals surface area (Å²) in [6.07, 6.45) is 0. The fraction of sp³-hybridized carbons (Fsp3) is 0.400. The van der Waals surface area contributed by atoms with Crippen molar-refractivity contribution < 1.29 is 28.8 Å². The summed E-state index contributed by atoms with van der Waals surface area (Å²) in [7, 11) is 0. The molecule has 1 atom stereocenters. The van der Waals surface area contributed by atoms with Gasteiger partial charge in [-0.15, -0.1) is 0 Å². The number of nitrogens with zero attached hydrogens (tertiary/aromatic N) is 1. The number of ether oxygens (including phenoxy) is 2. The van der Waals surface area contributed by atoms with Gasteiger partial charge in [-0.1, -0.05) is 12.1 Å². The van der Waals surface area contributed by atoms with Crippen LogP contribution in [0.25, 0.3) is 0 Å². The lowest BCUT2D eigenvalue weighted by Crippen LogP contribution is -2.46. The van der Waals surface area contributed by atoms with Crippen molar-refractivity contribution in [2.75, 3.05) is 19.8 Å². The molecule has 1 aromatic rings. The molecule has 2 N–H and O–H groups in total. The fourth-order valence-corrected chi connectivity index (χ4v) is 1.73. The summed E-state index contributed by atoms with van der Waals surface area (Å²) in [5.41, 5.74) is -0.288. The van der Waals surface area contributed by atoms with Crippen LogP contribution in [0.2, 0.25) is 0 Å². The first-order valence-corrected chi connectivity index (χ1v) is 7.44. The third-order valence-corrected chi connectivity index (χ3v) is 2.89. The number of carbonyl (C=O) groups excluding carboxylic acids is 3. The Morgan fingerprint density at radius 1 is 1.24 bits per heavy atom. The Hall–Kier alpha value is -3.17. The third kappa shape index (κ3) is 6.85. The average molecular weight is 353 g/mol. The molecule has 10 heteroatoms. The number of likely N-dealkylation sites (N-methyl/N-ethyl adjacent to an activating group) is 1. The van der Waals surface area contributed by atoms with Gasteiger partial charge in [0.1, 0.15) is 6.04 Å². The van der Waals surface area contributed by atoms with Crippen molar-refractivity contribution >= 4 is 23.5 Å². The van der Waals surface area contributed by atoms with Gasteiger partial charge in [0.2, 0.25) is 5.91 Å². The number of nitro benzene ring substituents is 1. The molecule has 0 aromatic heterocycles. The highest BCUT2D eigenvalue weighted by Gasteiger charge is 2.17. The fourth-order valence-electron chi connectivity index (χ4n) is 1.73. The maximum Gasteiger partial charge on any atom is 0.344 e. The molecule has 0 aliphatic heterocycles. The molecule has 0 radical (unpaired) electrons. The van der Waals surface area contributed by atoms with Gasteiger partial charge in [0.15, 0.2) is 19.0 Å². The van der Waals surface area contributed by atoms with E-state index in [2.05, 4.69) is 15.4 Å². The van der Waals surface area contributed by atoms with E-state index in [-0.39, 0.29) is 17.3 Å². The number of nitrogens with one attached hydrogen (secondary N) is 2. The Balaban J connectivity index is 2.39. The lowest BCUT2D eigenvalue weighted by molar-refractivity contribution is -0.385. The molecule has 0 saturated carbocycles. The Morgan fingerprint density at radius 2 is 1.92 bits per heavy atom. The maximum atomic E-state index is 11.6. The Kier molecular flexibility index (Phi) is 7.83. The Bertz CT molecular complexity index is 648. The van der Waals surface area contributed by atoms with E-state index in [4.69, 9.17) is 4.74 Å². The van der Waals surface area contributed by atoms with Gasteiger partial charge in [-0.05, 0) is 19.9 Å². The zero-order valence-electron chi connectivity index (χ0n) is 13.8. The van der Waals surface area contributed by atoms with Crippen molar-refractivity contribution in [1.29, 1.82) is 0 Å². The number of esters is 1. The van der Waals surface area contributed by atoms with Gasteiger partial charge in [0, 0.05) is 12.6 Å². The van der Waals surface area contributed by atoms with Crippen molar-refractivity contribution in [3.63, 3.8) is 0 Å². The number of hydrogen-bond donors (Lipinski definition) is 2. The molecule has 0 aliphatic rings. The molecule has 0 spiro atoms. The highest BCUT2D eigenvalue weighted by atomic mass is 16.6. The van der Waals surface area contributed by atoms with E-state index < -0.39 is 36.1 Å². The van der Waals surface area contributed by atoms with Gasteiger partial charge in [0.05, 0.1) is 4.92 Å². The van der Waals surface area contributed by atoms with Gasteiger partial charge < -0.3 is 20.1 Å². The van der Waals surface area contributed by atoms with E-state index in [0.717, 1.165) is 0 Å². The molecule has 0 bridgehead atoms. The number of nitro groups is 1. The van der Waals surface area contributed by atoms with Crippen molar-refractivity contribution in [3.05, 3.63) is 34.4 Å². The first-order chi connectivity index (χ1) is 11.8. The molecule has 0 saturated heterocycles. The monoisotopic (exact) mass is 353 g/mol. The van der Waals surface area contributed by atoms with Crippen LogP contribution < -0.4 is 15.4 Å². The van der Waals surface area contributed by atoms with Crippen LogP contribution in [0.5, 0.6) is 5.75 Å². The van der Waals surface area contributed by atoms with Gasteiger partial charge in [-0.2, -0.15) is 0 Å². The highest BCUT2D eigenvalue weighted by Crippen LogP contribution is 2.25. The topological polar surface area (TPSA) is 137 Å². The normalized spacial score (nSPS) is 11.1. The summed E-state index contributed by atoms with van der Waals surface area (Å²) in [5.74, 6) is -1.97. The standard InChI is InChI=1S/C15H19N3O7/c1-3-16-15(21)10(2)17-13(19)8-25-14(20)9-24-12-7-5-4-6-11(12)18(22)23/h4-7,10H,3,8-9H2,1-2H3,(H,16,21)(H,17,19)/t10-/m0/s1. The lowest BCUT2D eigenvalue weighted by Gasteiger charge is -2.13. The summed E-state index contributed by atoms with van der Waals surface area (Å²) >= 11 is 0. The quantitative estimate of drug-likeness (QED) is 0.366. The Morgan fingerprint density at radius 3 is 2.56 bits per heavy atom. The van der Waals surface area contributed by atoms with Crippen LogP contribution in [0.4, 0.5) is 5.69 Å². The molecule has 10 nitrogen and oxygen atoms in total. The SMILES string of the molecule is CCNC(=O)[C@H](C)NC(=O)COC(=O)COc1ccccc1[N+](=O)[O-]. The van der Waals surface area contributed by atoms with Crippen LogP contribution in [0.15, 0.2) is 24.3 Å². The number of amides is 2. The maximum absolute atomic E-state index is 11.6. The number of carbonyl (C=O) groups is 3. The number of benzene rings is 1. The predicted molar refractivity (Wildman–Crippen MR) is 85.8 cm³/mol. The van der Waals surface area contributed by atoms with Crippen LogP contribution in [-0.2, 0) is 19.1 Å². The van der Waals surface area contributed by atoms with Crippen LogP contribution in [0, 0.1) is 10.1 Å². The second-order valence-electron chi connectivity index (χ2n) is 4.86. The average Bonchev–Trinajstić information content (AvgIpc) is 2.58. The smallest absolute Gasteiger partial charge is 0.344 e. The van der Waals surface area contributed by atoms with Crippen molar-refractivity contribution in [2.24, 2.45) is 0 Å². The van der Waals surface area contributed by atoms with Crippen LogP contribution in [0.1, 0.15) is 13.8 Å². The lowest BCUT2D eigenvalue weighted by atomic mass is 10.3. The first kappa shape index (κ1) is 19.9. The minimum absolute atomic E-state index is 0.0845. The molecule has 0 aliphatic carbocycles. The zero-order valence-corrected chi connectivity index (χ0v) is 13.8. The molecule has 1 rings (SSSR count). The van der Waals surface area contributed by atoms with Gasteiger partial charge >= 0.3 is 11.7 Å². The second kappa shape index (κ2) is 9.85. The molecule has 1 aromatic carbocycles. The molecular weight excluding hydrogens is 334 g/mol. The second-order valence-corrected chi connectivity index (χ2v) is 4.86. The summed E-state index contributed by atoms with van der Waals surface area (Å²) in [5, 5.41) is 15.7. The first-order valence-electron chi connectivity index (χ1n) is 7.44. The van der Waals surface area contributed by atoms with E-state index in [1.54, 1.807) is 6.92 Å². The van der Waals surface area contributed by atoms with E-state index in [1.165, 1.54) is 31.2 Å². The number of hydrogen-bond acceptors (Lipinski definition) is 7. The van der Waals surface area contributed by atoms with Crippen LogP contribution in [-0.4, -0.2) is 48.5 Å². The largest absolute Gasteiger partial charge is 0.475 e. The summed E-state index contributed by atoms with van der Waals surface area (Å²) < 4.78 is 9.72. The summed E-state index contributed by atoms with van der Waals surface area (Å²) in [6, 6.07) is 4.78. The van der Waals surface area contributed by atoms with Crippen LogP contribution in [0.3, 0.4) is 0 Å². The van der Waals surface area contributed by atoms with Crippen LogP contribution >= 0.6 is 0 Å². The molecular formula is C15H19N3O7. The molecule has 136 valence electrons. The van der Waals surface area contributed by atoms with E-state index in [9.17, 15) is 24.5 Å². The molecule has 0 fully saturated rings. The molecule has 25 heavy (non-hydrogen) atoms. The molecule has 0 heterocycles. The molecule has 0 unspecified atom stereocenters. The van der Waals surface area contributed by atoms with Gasteiger partial charge in [-0.25, -0.2) is 4.79 Å². The number of rotatable bonds is 9. The van der Waals surface area contributed by atoms with E-state index >= 15 is 0 Å². The summed E-state index contributed by atoms with van der Waals surface area (Å²) in [6.45, 7) is 2.47. The summed E-state index contributed by atoms with van der Waals surface area (Å²) in [4.78, 5) is 44.8. The van der Waals surface area contributed by atoms with E-state index in [1.807, 2.05) is 0 Å². The van der Waals surface area contributed by atoms with Crippen molar-refractivity contribution in [3.8, 4) is 5.75 Å². The van der Waals surface area contributed by atoms with Gasteiger partial charge in [-0.3, -0.25) is 19.7 Å². The predicted octanol–water partition coefficient (Wildman–Crippen LogP) is 0.158. The number of para-hydroxylation sites is 2. The highest BCUT2D eigenvalue weighted by molar-refractivity contribution is 5.88. The minimum atomic E-state index is -0.876. The van der Waals surface area contributed by atoms with E-state index in [0.29, 0.717) is 6.54 Å². The van der Waals surface area contributed by atoms with Crippen molar-refractivity contribution in [2.45, 2.75) is 19.9 Å². The molecule has 2 amide bonds. The van der Waals surface area contributed by atoms with Crippen molar-refractivity contribution in [1.82, 2.24) is 10.6 Å². The zero-order chi connectivity index (χ0) is 18.8.